The number of carbonyl (C=O) groups is 1. The predicted octanol–water partition coefficient (Wildman–Crippen LogP) is 2.05. The maximum Gasteiger partial charge on any atom is 0.161 e. The first kappa shape index (κ1) is 13.5. The van der Waals surface area contributed by atoms with Crippen LogP contribution in [0.3, 0.4) is 0 Å². The third-order valence-corrected chi connectivity index (χ3v) is 2.62. The highest BCUT2D eigenvalue weighted by atomic mass is 16.5. The van der Waals surface area contributed by atoms with E-state index in [1.54, 1.807) is 25.1 Å². The van der Waals surface area contributed by atoms with Crippen molar-refractivity contribution in [1.82, 2.24) is 0 Å². The van der Waals surface area contributed by atoms with E-state index in [4.69, 9.17) is 9.47 Å². The molecule has 0 spiro atoms. The third-order valence-electron chi connectivity index (χ3n) is 2.62. The van der Waals surface area contributed by atoms with Gasteiger partial charge in [-0.2, -0.15) is 0 Å². The molecule has 1 aromatic rings. The van der Waals surface area contributed by atoms with Crippen molar-refractivity contribution in [2.45, 2.75) is 25.9 Å². The van der Waals surface area contributed by atoms with Crippen LogP contribution >= 0.6 is 0 Å². The molecule has 1 N–H and O–H groups in total. The molecule has 1 rings (SSSR count). The van der Waals surface area contributed by atoms with Crippen LogP contribution in [0.15, 0.2) is 18.2 Å². The lowest BCUT2D eigenvalue weighted by Crippen LogP contribution is -2.31. The summed E-state index contributed by atoms with van der Waals surface area (Å²) < 4.78 is 10.6. The van der Waals surface area contributed by atoms with E-state index in [1.807, 2.05) is 6.92 Å². The minimum Gasteiger partial charge on any atom is -0.493 e. The van der Waals surface area contributed by atoms with Crippen LogP contribution in [-0.4, -0.2) is 30.7 Å². The van der Waals surface area contributed by atoms with Crippen molar-refractivity contribution >= 4 is 6.29 Å². The first-order chi connectivity index (χ1) is 8.02. The van der Waals surface area contributed by atoms with Gasteiger partial charge in [0.2, 0.25) is 0 Å². The van der Waals surface area contributed by atoms with Gasteiger partial charge in [-0.05, 0) is 31.5 Å². The molecule has 0 fully saturated rings. The molecule has 0 amide bonds. The third kappa shape index (κ3) is 3.75. The Morgan fingerprint density at radius 1 is 1.41 bits per heavy atom. The Labute approximate surface area is 101 Å². The molecule has 0 bridgehead atoms. The van der Waals surface area contributed by atoms with Gasteiger partial charge in [-0.15, -0.1) is 0 Å². The van der Waals surface area contributed by atoms with Crippen molar-refractivity contribution in [1.29, 1.82) is 0 Å². The normalized spacial score (nSPS) is 13.9. The summed E-state index contributed by atoms with van der Waals surface area (Å²) in [6, 6.07) is 4.91. The second kappa shape index (κ2) is 5.68. The highest BCUT2D eigenvalue weighted by Gasteiger charge is 2.19. The minimum atomic E-state index is -0.867. The fraction of sp³-hybridized carbons (Fsp3) is 0.462. The molecule has 0 aliphatic rings. The number of aldehydes is 1. The molecule has 1 aromatic carbocycles. The van der Waals surface area contributed by atoms with Crippen LogP contribution in [-0.2, 0) is 0 Å². The summed E-state index contributed by atoms with van der Waals surface area (Å²) >= 11 is 0. The van der Waals surface area contributed by atoms with Gasteiger partial charge in [0, 0.05) is 5.56 Å². The Morgan fingerprint density at radius 3 is 2.65 bits per heavy atom. The number of hydrogen-bond acceptors (Lipinski definition) is 4. The molecular formula is C13H18O4. The van der Waals surface area contributed by atoms with E-state index < -0.39 is 5.60 Å². The summed E-state index contributed by atoms with van der Waals surface area (Å²) in [7, 11) is 1.51. The molecule has 0 aliphatic heterocycles. The average Bonchev–Trinajstić information content (AvgIpc) is 2.36. The molecule has 0 saturated heterocycles. The van der Waals surface area contributed by atoms with Crippen LogP contribution in [0, 0.1) is 0 Å². The molecule has 1 unspecified atom stereocenters. The molecule has 0 radical (unpaired) electrons. The summed E-state index contributed by atoms with van der Waals surface area (Å²) in [5.74, 6) is 1.01. The second-order valence-corrected chi connectivity index (χ2v) is 4.17. The fourth-order valence-electron chi connectivity index (χ4n) is 1.21. The van der Waals surface area contributed by atoms with Gasteiger partial charge in [0.05, 0.1) is 12.7 Å². The maximum absolute atomic E-state index is 10.6. The van der Waals surface area contributed by atoms with Crippen molar-refractivity contribution in [3.05, 3.63) is 23.8 Å². The minimum absolute atomic E-state index is 0.181. The largest absolute Gasteiger partial charge is 0.493 e. The molecule has 1 atom stereocenters. The number of benzene rings is 1. The molecule has 17 heavy (non-hydrogen) atoms. The Hall–Kier alpha value is -1.55. The van der Waals surface area contributed by atoms with E-state index in [0.29, 0.717) is 23.5 Å². The topological polar surface area (TPSA) is 55.8 Å². The molecule has 0 heterocycles. The lowest BCUT2D eigenvalue weighted by atomic mass is 10.1. The molecular weight excluding hydrogens is 220 g/mol. The first-order valence-electron chi connectivity index (χ1n) is 5.51. The van der Waals surface area contributed by atoms with Crippen molar-refractivity contribution in [2.75, 3.05) is 13.7 Å². The van der Waals surface area contributed by atoms with Gasteiger partial charge in [0.1, 0.15) is 12.9 Å². The van der Waals surface area contributed by atoms with E-state index in [0.717, 1.165) is 6.29 Å². The zero-order valence-corrected chi connectivity index (χ0v) is 10.4. The van der Waals surface area contributed by atoms with E-state index >= 15 is 0 Å². The van der Waals surface area contributed by atoms with E-state index in [1.165, 1.54) is 7.11 Å². The van der Waals surface area contributed by atoms with Gasteiger partial charge < -0.3 is 14.6 Å². The van der Waals surface area contributed by atoms with Gasteiger partial charge in [0.15, 0.2) is 11.5 Å². The van der Waals surface area contributed by atoms with Crippen molar-refractivity contribution in [3.8, 4) is 11.5 Å². The SMILES string of the molecule is CCC(C)(O)COc1ccc(C=O)cc1OC. The number of rotatable bonds is 6. The summed E-state index contributed by atoms with van der Waals surface area (Å²) in [6.07, 6.45) is 1.34. The Balaban J connectivity index is 2.80. The number of aliphatic hydroxyl groups is 1. The Morgan fingerprint density at radius 2 is 2.12 bits per heavy atom. The summed E-state index contributed by atoms with van der Waals surface area (Å²) in [4.78, 5) is 10.6. The van der Waals surface area contributed by atoms with Crippen LogP contribution in [0.5, 0.6) is 11.5 Å². The van der Waals surface area contributed by atoms with Crippen molar-refractivity contribution in [3.63, 3.8) is 0 Å². The standard InChI is InChI=1S/C13H18O4/c1-4-13(2,15)9-17-11-6-5-10(8-14)7-12(11)16-3/h5-8,15H,4,9H2,1-3H3. The monoisotopic (exact) mass is 238 g/mol. The first-order valence-corrected chi connectivity index (χ1v) is 5.51. The zero-order chi connectivity index (χ0) is 12.9. The Bertz CT molecular complexity index is 385. The highest BCUT2D eigenvalue weighted by molar-refractivity contribution is 5.76. The van der Waals surface area contributed by atoms with E-state index in [9.17, 15) is 9.90 Å². The van der Waals surface area contributed by atoms with E-state index in [-0.39, 0.29) is 6.61 Å². The van der Waals surface area contributed by atoms with Crippen LogP contribution in [0.25, 0.3) is 0 Å². The van der Waals surface area contributed by atoms with Gasteiger partial charge in [-0.25, -0.2) is 0 Å². The van der Waals surface area contributed by atoms with Gasteiger partial charge >= 0.3 is 0 Å². The quantitative estimate of drug-likeness (QED) is 0.771. The summed E-state index contributed by atoms with van der Waals surface area (Å²) in [5, 5.41) is 9.83. The second-order valence-electron chi connectivity index (χ2n) is 4.17. The van der Waals surface area contributed by atoms with Crippen LogP contribution in [0.1, 0.15) is 30.6 Å². The predicted molar refractivity (Wildman–Crippen MR) is 64.8 cm³/mol. The van der Waals surface area contributed by atoms with Gasteiger partial charge in [0.25, 0.3) is 0 Å². The van der Waals surface area contributed by atoms with E-state index in [2.05, 4.69) is 0 Å². The summed E-state index contributed by atoms with van der Waals surface area (Å²) in [5.41, 5.74) is -0.342. The lowest BCUT2D eigenvalue weighted by Gasteiger charge is -2.22. The molecule has 94 valence electrons. The number of carbonyl (C=O) groups excluding carboxylic acids is 1. The Kier molecular flexibility index (Phi) is 4.52. The number of hydrogen-bond donors (Lipinski definition) is 1. The zero-order valence-electron chi connectivity index (χ0n) is 10.4. The molecule has 4 nitrogen and oxygen atoms in total. The van der Waals surface area contributed by atoms with Crippen LogP contribution in [0.2, 0.25) is 0 Å². The van der Waals surface area contributed by atoms with Crippen LogP contribution in [0.4, 0.5) is 0 Å². The lowest BCUT2D eigenvalue weighted by molar-refractivity contribution is 0.00774. The van der Waals surface area contributed by atoms with Crippen LogP contribution < -0.4 is 9.47 Å². The van der Waals surface area contributed by atoms with Gasteiger partial charge in [-0.1, -0.05) is 6.92 Å². The molecule has 0 aliphatic carbocycles. The van der Waals surface area contributed by atoms with Crippen molar-refractivity contribution in [2.24, 2.45) is 0 Å². The van der Waals surface area contributed by atoms with Crippen molar-refractivity contribution < 1.29 is 19.4 Å². The highest BCUT2D eigenvalue weighted by Crippen LogP contribution is 2.28. The maximum atomic E-state index is 10.6. The summed E-state index contributed by atoms with van der Waals surface area (Å²) in [6.45, 7) is 3.77. The molecule has 0 aromatic heterocycles. The average molecular weight is 238 g/mol. The fourth-order valence-corrected chi connectivity index (χ4v) is 1.21. The number of ether oxygens (including phenoxy) is 2. The molecule has 0 saturated carbocycles. The van der Waals surface area contributed by atoms with Gasteiger partial charge in [-0.3, -0.25) is 4.79 Å². The molecule has 4 heteroatoms. The number of methoxy groups -OCH3 is 1. The smallest absolute Gasteiger partial charge is 0.161 e.